The number of aliphatic imine (C=N–C) groups is 1. The molecule has 0 unspecified atom stereocenters. The van der Waals surface area contributed by atoms with E-state index in [1.807, 2.05) is 55.3 Å². The lowest BCUT2D eigenvalue weighted by Gasteiger charge is -2.22. The fourth-order valence-electron chi connectivity index (χ4n) is 2.58. The monoisotopic (exact) mass is 531 g/mol. The Morgan fingerprint density at radius 2 is 1.69 bits per heavy atom. The summed E-state index contributed by atoms with van der Waals surface area (Å²) in [4.78, 5) is 6.89. The minimum absolute atomic E-state index is 0. The first kappa shape index (κ1) is 25.2. The van der Waals surface area contributed by atoms with Crippen molar-refractivity contribution in [3.05, 3.63) is 60.7 Å². The van der Waals surface area contributed by atoms with E-state index in [0.717, 1.165) is 18.3 Å². The zero-order valence-corrected chi connectivity index (χ0v) is 20.1. The van der Waals surface area contributed by atoms with Gasteiger partial charge in [-0.15, -0.1) is 24.0 Å². The third kappa shape index (κ3) is 9.03. The summed E-state index contributed by atoms with van der Waals surface area (Å²) in [6.07, 6.45) is 0.473. The molecule has 0 atom stereocenters. The Bertz CT molecular complexity index is 831. The van der Waals surface area contributed by atoms with Crippen molar-refractivity contribution in [1.29, 1.82) is 0 Å². The summed E-state index contributed by atoms with van der Waals surface area (Å²) in [5.41, 5.74) is 0. The predicted molar refractivity (Wildman–Crippen MR) is 129 cm³/mol. The molecule has 0 aromatic heterocycles. The van der Waals surface area contributed by atoms with Crippen LogP contribution in [-0.2, 0) is 9.84 Å². The van der Waals surface area contributed by atoms with Crippen LogP contribution in [0, 0.1) is 0 Å². The molecule has 0 amide bonds. The van der Waals surface area contributed by atoms with E-state index in [1.54, 1.807) is 24.3 Å². The summed E-state index contributed by atoms with van der Waals surface area (Å²) in [6.45, 7) is 4.39. The third-order valence-electron chi connectivity index (χ3n) is 4.07. The molecule has 0 saturated carbocycles. The molecule has 0 spiro atoms. The van der Waals surface area contributed by atoms with Crippen LogP contribution in [0.5, 0.6) is 5.75 Å². The molecule has 1 N–H and O–H groups in total. The van der Waals surface area contributed by atoms with Crippen molar-refractivity contribution in [2.45, 2.75) is 18.2 Å². The zero-order valence-electron chi connectivity index (χ0n) is 17.0. The highest BCUT2D eigenvalue weighted by molar-refractivity contribution is 14.0. The second-order valence-corrected chi connectivity index (χ2v) is 8.41. The number of likely N-dealkylation sites (N-methyl/N-ethyl adjacent to an activating group) is 1. The van der Waals surface area contributed by atoms with Gasteiger partial charge in [0, 0.05) is 20.1 Å². The van der Waals surface area contributed by atoms with Crippen LogP contribution in [0.4, 0.5) is 0 Å². The number of hydrogen-bond acceptors (Lipinski definition) is 4. The van der Waals surface area contributed by atoms with Crippen molar-refractivity contribution in [2.24, 2.45) is 4.99 Å². The van der Waals surface area contributed by atoms with Gasteiger partial charge in [-0.05, 0) is 37.6 Å². The van der Waals surface area contributed by atoms with Crippen molar-refractivity contribution in [3.63, 3.8) is 0 Å². The summed E-state index contributed by atoms with van der Waals surface area (Å²) in [6, 6.07) is 18.2. The van der Waals surface area contributed by atoms with E-state index in [1.165, 1.54) is 0 Å². The largest absolute Gasteiger partial charge is 0.492 e. The Kier molecular flexibility index (Phi) is 11.7. The molecule has 29 heavy (non-hydrogen) atoms. The van der Waals surface area contributed by atoms with Gasteiger partial charge in [0.05, 0.1) is 17.2 Å². The first-order chi connectivity index (χ1) is 13.5. The molecule has 0 saturated heterocycles. The van der Waals surface area contributed by atoms with Crippen LogP contribution in [-0.4, -0.2) is 58.3 Å². The van der Waals surface area contributed by atoms with E-state index < -0.39 is 9.84 Å². The Balaban J connectivity index is 0.00000420. The van der Waals surface area contributed by atoms with Crippen molar-refractivity contribution in [3.8, 4) is 5.75 Å². The fourth-order valence-corrected chi connectivity index (χ4v) is 3.89. The molecule has 0 bridgehead atoms. The number of sulfone groups is 1. The van der Waals surface area contributed by atoms with Gasteiger partial charge in [0.15, 0.2) is 15.8 Å². The molecule has 0 aliphatic rings. The van der Waals surface area contributed by atoms with Crippen molar-refractivity contribution in [2.75, 3.05) is 39.0 Å². The molecule has 0 radical (unpaired) electrons. The summed E-state index contributed by atoms with van der Waals surface area (Å²) < 4.78 is 30.4. The van der Waals surface area contributed by atoms with Gasteiger partial charge < -0.3 is 15.0 Å². The molecule has 2 aromatic rings. The third-order valence-corrected chi connectivity index (χ3v) is 5.89. The van der Waals surface area contributed by atoms with Crippen LogP contribution in [0.1, 0.15) is 13.3 Å². The average Bonchev–Trinajstić information content (AvgIpc) is 2.71. The number of benzene rings is 2. The topological polar surface area (TPSA) is 71.0 Å². The molecule has 0 aliphatic heterocycles. The Labute approximate surface area is 191 Å². The van der Waals surface area contributed by atoms with E-state index in [0.29, 0.717) is 31.0 Å². The van der Waals surface area contributed by atoms with Gasteiger partial charge in [0.2, 0.25) is 0 Å². The Morgan fingerprint density at radius 3 is 2.31 bits per heavy atom. The number of rotatable bonds is 10. The number of halogens is 1. The van der Waals surface area contributed by atoms with Crippen molar-refractivity contribution < 1.29 is 13.2 Å². The van der Waals surface area contributed by atoms with Crippen molar-refractivity contribution in [1.82, 2.24) is 10.2 Å². The number of nitrogens with one attached hydrogen (secondary N) is 1. The number of guanidine groups is 1. The Hall–Kier alpha value is -1.81. The first-order valence-corrected chi connectivity index (χ1v) is 11.1. The fraction of sp³-hybridized carbons (Fsp3) is 0.381. The standard InChI is InChI=1S/C21H29N3O3S.HI/c1-3-22-21(24(2)16-17-27-19-11-6-4-7-12-19)23-15-10-18-28(25,26)20-13-8-5-9-14-20;/h4-9,11-14H,3,10,15-18H2,1-2H3,(H,22,23);1H. The van der Waals surface area contributed by atoms with Gasteiger partial charge in [-0.3, -0.25) is 4.99 Å². The van der Waals surface area contributed by atoms with Gasteiger partial charge in [0.25, 0.3) is 0 Å². The highest BCUT2D eigenvalue weighted by Gasteiger charge is 2.13. The molecule has 160 valence electrons. The minimum Gasteiger partial charge on any atom is -0.492 e. The predicted octanol–water partition coefficient (Wildman–Crippen LogP) is 3.44. The van der Waals surface area contributed by atoms with Gasteiger partial charge in [-0.25, -0.2) is 8.42 Å². The summed E-state index contributed by atoms with van der Waals surface area (Å²) in [5, 5.41) is 3.23. The van der Waals surface area contributed by atoms with Gasteiger partial charge >= 0.3 is 0 Å². The second kappa shape index (κ2) is 13.4. The molecule has 8 heteroatoms. The van der Waals surface area contributed by atoms with Crippen LogP contribution in [0.3, 0.4) is 0 Å². The number of hydrogen-bond donors (Lipinski definition) is 1. The van der Waals surface area contributed by atoms with E-state index in [-0.39, 0.29) is 29.7 Å². The second-order valence-electron chi connectivity index (χ2n) is 6.30. The number of ether oxygens (including phenoxy) is 1. The summed E-state index contributed by atoms with van der Waals surface area (Å²) >= 11 is 0. The molecule has 0 aliphatic carbocycles. The molecular weight excluding hydrogens is 501 g/mol. The maximum atomic E-state index is 12.3. The smallest absolute Gasteiger partial charge is 0.193 e. The normalized spacial score (nSPS) is 11.4. The summed E-state index contributed by atoms with van der Waals surface area (Å²) in [7, 11) is -1.32. The summed E-state index contributed by atoms with van der Waals surface area (Å²) in [5.74, 6) is 1.67. The molecule has 6 nitrogen and oxygen atoms in total. The zero-order chi connectivity index (χ0) is 20.2. The lowest BCUT2D eigenvalue weighted by atomic mass is 10.3. The number of para-hydroxylation sites is 1. The van der Waals surface area contributed by atoms with Crippen molar-refractivity contribution >= 4 is 39.8 Å². The maximum absolute atomic E-state index is 12.3. The SMILES string of the molecule is CCNC(=NCCCS(=O)(=O)c1ccccc1)N(C)CCOc1ccccc1.I. The first-order valence-electron chi connectivity index (χ1n) is 9.48. The minimum atomic E-state index is -3.26. The molecule has 2 aromatic carbocycles. The van der Waals surface area contributed by atoms with E-state index in [9.17, 15) is 8.42 Å². The van der Waals surface area contributed by atoms with Crippen LogP contribution < -0.4 is 10.1 Å². The Morgan fingerprint density at radius 1 is 1.07 bits per heavy atom. The van der Waals surface area contributed by atoms with E-state index in [4.69, 9.17) is 4.74 Å². The molecule has 0 fully saturated rings. The molecule has 2 rings (SSSR count). The van der Waals surface area contributed by atoms with Gasteiger partial charge in [0.1, 0.15) is 12.4 Å². The molecular formula is C21H30IN3O3S. The van der Waals surface area contributed by atoms with E-state index >= 15 is 0 Å². The lowest BCUT2D eigenvalue weighted by molar-refractivity contribution is 0.281. The van der Waals surface area contributed by atoms with Crippen LogP contribution >= 0.6 is 24.0 Å². The van der Waals surface area contributed by atoms with Crippen LogP contribution in [0.2, 0.25) is 0 Å². The highest BCUT2D eigenvalue weighted by atomic mass is 127. The average molecular weight is 531 g/mol. The van der Waals surface area contributed by atoms with Gasteiger partial charge in [-0.2, -0.15) is 0 Å². The maximum Gasteiger partial charge on any atom is 0.193 e. The molecule has 0 heterocycles. The van der Waals surface area contributed by atoms with E-state index in [2.05, 4.69) is 10.3 Å². The number of nitrogens with zero attached hydrogens (tertiary/aromatic N) is 2. The lowest BCUT2D eigenvalue weighted by Crippen LogP contribution is -2.41. The van der Waals surface area contributed by atoms with Crippen LogP contribution in [0.15, 0.2) is 70.6 Å². The highest BCUT2D eigenvalue weighted by Crippen LogP contribution is 2.11. The van der Waals surface area contributed by atoms with Crippen LogP contribution in [0.25, 0.3) is 0 Å². The van der Waals surface area contributed by atoms with Gasteiger partial charge in [-0.1, -0.05) is 36.4 Å². The quantitative estimate of drug-likeness (QED) is 0.220.